The highest BCUT2D eigenvalue weighted by atomic mass is 32.2. The Kier molecular flexibility index (Phi) is 4.98. The summed E-state index contributed by atoms with van der Waals surface area (Å²) in [4.78, 5) is 0.296. The van der Waals surface area contributed by atoms with E-state index in [4.69, 9.17) is 0 Å². The molecular weight excluding hydrogens is 288 g/mol. The lowest BCUT2D eigenvalue weighted by molar-refractivity contribution is 0.467. The van der Waals surface area contributed by atoms with E-state index in [0.29, 0.717) is 10.6 Å². The number of nitrogens with one attached hydrogen (secondary N) is 2. The zero-order chi connectivity index (χ0) is 15.3. The largest absolute Gasteiger partial charge is 0.384 e. The van der Waals surface area contributed by atoms with Gasteiger partial charge in [-0.2, -0.15) is 9.40 Å². The Morgan fingerprint density at radius 1 is 1.33 bits per heavy atom. The van der Waals surface area contributed by atoms with E-state index >= 15 is 0 Å². The van der Waals surface area contributed by atoms with E-state index in [0.717, 1.165) is 18.5 Å². The molecule has 0 amide bonds. The summed E-state index contributed by atoms with van der Waals surface area (Å²) in [5.74, 6) is 0. The molecule has 6 nitrogen and oxygen atoms in total. The third kappa shape index (κ3) is 3.62. The van der Waals surface area contributed by atoms with Crippen LogP contribution >= 0.6 is 0 Å². The van der Waals surface area contributed by atoms with Gasteiger partial charge in [-0.25, -0.2) is 8.42 Å². The Labute approximate surface area is 125 Å². The molecule has 1 aromatic heterocycles. The average molecular weight is 308 g/mol. The molecule has 114 valence electrons. The van der Waals surface area contributed by atoms with E-state index < -0.39 is 10.0 Å². The molecule has 21 heavy (non-hydrogen) atoms. The van der Waals surface area contributed by atoms with Crippen molar-refractivity contribution < 1.29 is 8.42 Å². The Morgan fingerprint density at radius 2 is 2.10 bits per heavy atom. The van der Waals surface area contributed by atoms with Crippen LogP contribution in [0.3, 0.4) is 0 Å². The molecule has 0 fully saturated rings. The Bertz CT molecular complexity index is 668. The van der Waals surface area contributed by atoms with Crippen LogP contribution in [0, 0.1) is 0 Å². The van der Waals surface area contributed by atoms with E-state index in [2.05, 4.69) is 15.5 Å². The number of aromatic nitrogens is 2. The summed E-state index contributed by atoms with van der Waals surface area (Å²) in [5, 5.41) is 9.67. The van der Waals surface area contributed by atoms with Crippen molar-refractivity contribution in [2.45, 2.75) is 24.8 Å². The minimum Gasteiger partial charge on any atom is -0.384 e. The second-order valence-corrected chi connectivity index (χ2v) is 6.80. The molecule has 0 saturated carbocycles. The number of nitrogens with zero attached hydrogens (tertiary/aromatic N) is 2. The van der Waals surface area contributed by atoms with E-state index in [9.17, 15) is 8.42 Å². The van der Waals surface area contributed by atoms with Gasteiger partial charge in [0.05, 0.1) is 11.9 Å². The van der Waals surface area contributed by atoms with Crippen molar-refractivity contribution in [1.29, 1.82) is 0 Å². The third-order valence-electron chi connectivity index (χ3n) is 3.10. The minimum atomic E-state index is -3.55. The topological polar surface area (TPSA) is 78.1 Å². The van der Waals surface area contributed by atoms with Gasteiger partial charge in [0.25, 0.3) is 0 Å². The van der Waals surface area contributed by atoms with E-state index in [1.54, 1.807) is 37.6 Å². The van der Waals surface area contributed by atoms with Gasteiger partial charge in [-0.1, -0.05) is 19.1 Å². The molecule has 0 aliphatic carbocycles. The normalized spacial score (nSPS) is 11.8. The van der Waals surface area contributed by atoms with Gasteiger partial charge in [-0.05, 0) is 18.6 Å². The Balaban J connectivity index is 2.26. The maximum atomic E-state index is 12.7. The van der Waals surface area contributed by atoms with Gasteiger partial charge < -0.3 is 5.32 Å². The molecule has 0 saturated heterocycles. The Morgan fingerprint density at radius 3 is 2.76 bits per heavy atom. The standard InChI is InChI=1S/C14H20N4O2S/c1-3-8-15-13-6-4-5-7-14(13)21(19,20)18(2)11-12-9-16-17-10-12/h4-7,9-10,15H,3,8,11H2,1-2H3,(H,16,17). The molecular formula is C14H20N4O2S. The molecule has 1 aromatic carbocycles. The summed E-state index contributed by atoms with van der Waals surface area (Å²) in [5.41, 5.74) is 1.46. The van der Waals surface area contributed by atoms with Crippen LogP contribution in [0.15, 0.2) is 41.6 Å². The van der Waals surface area contributed by atoms with Crippen LogP contribution in [-0.4, -0.2) is 36.5 Å². The highest BCUT2D eigenvalue weighted by molar-refractivity contribution is 7.89. The SMILES string of the molecule is CCCNc1ccccc1S(=O)(=O)N(C)Cc1cn[nH]c1. The number of sulfonamides is 1. The molecule has 0 spiro atoms. The highest BCUT2D eigenvalue weighted by Gasteiger charge is 2.23. The maximum absolute atomic E-state index is 12.7. The quantitative estimate of drug-likeness (QED) is 0.820. The van der Waals surface area contributed by atoms with Gasteiger partial charge in [-0.3, -0.25) is 5.10 Å². The van der Waals surface area contributed by atoms with Crippen molar-refractivity contribution in [1.82, 2.24) is 14.5 Å². The lowest BCUT2D eigenvalue weighted by Crippen LogP contribution is -2.27. The smallest absolute Gasteiger partial charge is 0.245 e. The second-order valence-electron chi connectivity index (χ2n) is 4.79. The van der Waals surface area contributed by atoms with E-state index in [1.807, 2.05) is 13.0 Å². The zero-order valence-electron chi connectivity index (χ0n) is 12.2. The monoisotopic (exact) mass is 308 g/mol. The number of para-hydroxylation sites is 1. The summed E-state index contributed by atoms with van der Waals surface area (Å²) in [6.07, 6.45) is 4.24. The van der Waals surface area contributed by atoms with E-state index in [1.165, 1.54) is 4.31 Å². The van der Waals surface area contributed by atoms with Crippen molar-refractivity contribution in [3.05, 3.63) is 42.2 Å². The van der Waals surface area contributed by atoms with Crippen molar-refractivity contribution in [2.24, 2.45) is 0 Å². The van der Waals surface area contributed by atoms with Crippen LogP contribution in [0.4, 0.5) is 5.69 Å². The molecule has 0 radical (unpaired) electrons. The van der Waals surface area contributed by atoms with Crippen LogP contribution in [0.25, 0.3) is 0 Å². The molecule has 2 rings (SSSR count). The van der Waals surface area contributed by atoms with Crippen molar-refractivity contribution in [3.8, 4) is 0 Å². The van der Waals surface area contributed by atoms with Crippen LogP contribution in [0.1, 0.15) is 18.9 Å². The summed E-state index contributed by atoms with van der Waals surface area (Å²) >= 11 is 0. The van der Waals surface area contributed by atoms with Gasteiger partial charge in [0, 0.05) is 31.9 Å². The average Bonchev–Trinajstić information content (AvgIpc) is 2.98. The predicted octanol–water partition coefficient (Wildman–Crippen LogP) is 2.05. The van der Waals surface area contributed by atoms with Crippen LogP contribution in [0.5, 0.6) is 0 Å². The van der Waals surface area contributed by atoms with Gasteiger partial charge >= 0.3 is 0 Å². The lowest BCUT2D eigenvalue weighted by atomic mass is 10.3. The first-order valence-corrected chi connectivity index (χ1v) is 8.26. The number of hydrogen-bond acceptors (Lipinski definition) is 4. The van der Waals surface area contributed by atoms with Gasteiger partial charge in [0.15, 0.2) is 0 Å². The highest BCUT2D eigenvalue weighted by Crippen LogP contribution is 2.24. The van der Waals surface area contributed by atoms with Gasteiger partial charge in [-0.15, -0.1) is 0 Å². The number of anilines is 1. The maximum Gasteiger partial charge on any atom is 0.245 e. The molecule has 0 atom stereocenters. The van der Waals surface area contributed by atoms with Gasteiger partial charge in [0.2, 0.25) is 10.0 Å². The van der Waals surface area contributed by atoms with Crippen molar-refractivity contribution in [3.63, 3.8) is 0 Å². The summed E-state index contributed by atoms with van der Waals surface area (Å²) in [6, 6.07) is 6.97. The zero-order valence-corrected chi connectivity index (χ0v) is 13.0. The van der Waals surface area contributed by atoms with E-state index in [-0.39, 0.29) is 6.54 Å². The minimum absolute atomic E-state index is 0.279. The number of benzene rings is 1. The fraction of sp³-hybridized carbons (Fsp3) is 0.357. The summed E-state index contributed by atoms with van der Waals surface area (Å²) in [7, 11) is -1.98. The fourth-order valence-corrected chi connectivity index (χ4v) is 3.29. The summed E-state index contributed by atoms with van der Waals surface area (Å²) in [6.45, 7) is 3.05. The predicted molar refractivity (Wildman–Crippen MR) is 82.5 cm³/mol. The fourth-order valence-electron chi connectivity index (χ4n) is 1.97. The van der Waals surface area contributed by atoms with Crippen molar-refractivity contribution in [2.75, 3.05) is 18.9 Å². The van der Waals surface area contributed by atoms with Crippen LogP contribution in [-0.2, 0) is 16.6 Å². The van der Waals surface area contributed by atoms with Gasteiger partial charge in [0.1, 0.15) is 4.90 Å². The summed E-state index contributed by atoms with van der Waals surface area (Å²) < 4.78 is 26.7. The molecule has 2 aromatic rings. The van der Waals surface area contributed by atoms with Crippen LogP contribution in [0.2, 0.25) is 0 Å². The number of aromatic amines is 1. The number of H-pyrrole nitrogens is 1. The molecule has 2 N–H and O–H groups in total. The molecule has 0 unspecified atom stereocenters. The molecule has 0 bridgehead atoms. The molecule has 0 aliphatic rings. The second kappa shape index (κ2) is 6.73. The third-order valence-corrected chi connectivity index (χ3v) is 4.96. The first-order valence-electron chi connectivity index (χ1n) is 6.82. The molecule has 0 aliphatic heterocycles. The van der Waals surface area contributed by atoms with Crippen molar-refractivity contribution >= 4 is 15.7 Å². The molecule has 7 heteroatoms. The van der Waals surface area contributed by atoms with Crippen LogP contribution < -0.4 is 5.32 Å². The lowest BCUT2D eigenvalue weighted by Gasteiger charge is -2.19. The first-order chi connectivity index (χ1) is 10.1. The number of hydrogen-bond donors (Lipinski definition) is 2. The Hall–Kier alpha value is -1.86. The first kappa shape index (κ1) is 15.5. The number of rotatable bonds is 7. The molecule has 1 heterocycles.